The fraction of sp³-hybridized carbons (Fsp3) is 0.625. The molecule has 0 amide bonds. The minimum Gasteiger partial charge on any atom is -0.390 e. The van der Waals surface area contributed by atoms with E-state index in [9.17, 15) is 5.11 Å². The number of nitrogens with one attached hydrogen (secondary N) is 1. The lowest BCUT2D eigenvalue weighted by Crippen LogP contribution is -2.32. The Morgan fingerprint density at radius 1 is 1.42 bits per heavy atom. The number of aliphatic hydroxyl groups is 1. The summed E-state index contributed by atoms with van der Waals surface area (Å²) in [5, 5.41) is 15.0. The summed E-state index contributed by atoms with van der Waals surface area (Å²) in [6.45, 7) is 11.6. The van der Waals surface area contributed by atoms with Crippen LogP contribution < -0.4 is 5.43 Å². The number of methoxy groups -OCH3 is 1. The van der Waals surface area contributed by atoms with E-state index in [-0.39, 0.29) is 6.04 Å². The Labute approximate surface area is 195 Å². The minimum atomic E-state index is -0.587. The fourth-order valence-electron chi connectivity index (χ4n) is 4.65. The average Bonchev–Trinajstić information content (AvgIpc) is 3.32. The molecule has 180 valence electrons. The van der Waals surface area contributed by atoms with Gasteiger partial charge in [0.15, 0.2) is 0 Å². The first-order valence-corrected chi connectivity index (χ1v) is 11.7. The van der Waals surface area contributed by atoms with Crippen LogP contribution in [0.25, 0.3) is 11.1 Å². The van der Waals surface area contributed by atoms with Gasteiger partial charge in [0.05, 0.1) is 43.7 Å². The monoisotopic (exact) mass is 456 g/mol. The number of hydrogen-bond acceptors (Lipinski definition) is 5. The van der Waals surface area contributed by atoms with Crippen molar-refractivity contribution in [2.75, 3.05) is 32.4 Å². The van der Waals surface area contributed by atoms with Gasteiger partial charge in [0, 0.05) is 41.7 Å². The van der Waals surface area contributed by atoms with Gasteiger partial charge in [-0.15, -0.1) is 0 Å². The smallest absolute Gasteiger partial charge is 0.237 e. The molecule has 2 fully saturated rings. The number of rotatable bonds is 7. The van der Waals surface area contributed by atoms with Crippen molar-refractivity contribution in [1.82, 2.24) is 14.5 Å². The van der Waals surface area contributed by atoms with Gasteiger partial charge in [-0.2, -0.15) is 5.10 Å². The second-order valence-corrected chi connectivity index (χ2v) is 9.60. The van der Waals surface area contributed by atoms with Crippen molar-refractivity contribution in [1.29, 1.82) is 0 Å². The van der Waals surface area contributed by atoms with E-state index in [2.05, 4.69) is 51.1 Å². The molecule has 1 saturated heterocycles. The highest BCUT2D eigenvalue weighted by atomic mass is 16.5. The molecule has 1 aliphatic heterocycles. The van der Waals surface area contributed by atoms with Crippen LogP contribution in [0, 0.1) is 6.92 Å². The maximum absolute atomic E-state index is 10.5. The predicted octanol–water partition coefficient (Wildman–Crippen LogP) is 3.27. The molecule has 4 rings (SSSR count). The third-order valence-corrected chi connectivity index (χ3v) is 6.78. The highest BCUT2D eigenvalue weighted by molar-refractivity contribution is 5.91. The fourth-order valence-corrected chi connectivity index (χ4v) is 4.65. The van der Waals surface area contributed by atoms with Crippen molar-refractivity contribution in [3.05, 3.63) is 29.8 Å². The Morgan fingerprint density at radius 2 is 2.15 bits per heavy atom. The van der Waals surface area contributed by atoms with Gasteiger partial charge in [-0.3, -0.25) is 14.8 Å². The van der Waals surface area contributed by atoms with E-state index in [1.807, 2.05) is 24.7 Å². The SMILES string of the molecule is C=NC(=N[C@@H](C)COC)Nn1c(C2CCC(C)(O)CC2)cc(-c2cnn(C3COC3)c2)c1C. The van der Waals surface area contributed by atoms with Crippen molar-refractivity contribution in [2.24, 2.45) is 9.98 Å². The lowest BCUT2D eigenvalue weighted by Gasteiger charge is -2.33. The molecule has 1 aliphatic carbocycles. The molecule has 1 atom stereocenters. The van der Waals surface area contributed by atoms with Gasteiger partial charge < -0.3 is 14.6 Å². The maximum Gasteiger partial charge on any atom is 0.237 e. The standard InChI is InChI=1S/C24H36N6O3/c1-16(13-32-5)27-23(25-4)28-30-17(2)21(19-11-26-29(12-19)20-14-33-15-20)10-22(30)18-6-8-24(3,31)9-7-18/h10-12,16,18,20,31H,4,6-9,13-15H2,1-3,5H3,(H,27,28)/t16-,18?,24?/m0/s1. The van der Waals surface area contributed by atoms with Crippen molar-refractivity contribution < 1.29 is 14.6 Å². The van der Waals surface area contributed by atoms with Crippen molar-refractivity contribution in [2.45, 2.75) is 70.1 Å². The zero-order chi connectivity index (χ0) is 23.6. The molecular formula is C24H36N6O3. The zero-order valence-electron chi connectivity index (χ0n) is 20.1. The summed E-state index contributed by atoms with van der Waals surface area (Å²) in [5.74, 6) is 0.777. The number of hydrogen-bond donors (Lipinski definition) is 2. The summed E-state index contributed by atoms with van der Waals surface area (Å²) in [6.07, 6.45) is 7.41. The highest BCUT2D eigenvalue weighted by Gasteiger charge is 2.32. The van der Waals surface area contributed by atoms with Crippen molar-refractivity contribution in [3.8, 4) is 11.1 Å². The van der Waals surface area contributed by atoms with E-state index in [0.29, 0.717) is 37.7 Å². The van der Waals surface area contributed by atoms with Crippen LogP contribution in [0.1, 0.15) is 62.9 Å². The van der Waals surface area contributed by atoms with Crippen LogP contribution >= 0.6 is 0 Å². The highest BCUT2D eigenvalue weighted by Crippen LogP contribution is 2.40. The summed E-state index contributed by atoms with van der Waals surface area (Å²) < 4.78 is 14.6. The molecule has 0 radical (unpaired) electrons. The summed E-state index contributed by atoms with van der Waals surface area (Å²) in [7, 11) is 1.66. The van der Waals surface area contributed by atoms with Crippen LogP contribution in [0.5, 0.6) is 0 Å². The molecule has 0 bridgehead atoms. The normalized spacial score (nSPS) is 25.0. The van der Waals surface area contributed by atoms with Crippen molar-refractivity contribution >= 4 is 12.7 Å². The first-order valence-electron chi connectivity index (χ1n) is 11.7. The van der Waals surface area contributed by atoms with E-state index in [0.717, 1.165) is 48.2 Å². The number of nitrogens with zero attached hydrogens (tertiary/aromatic N) is 5. The van der Waals surface area contributed by atoms with Gasteiger partial charge in [-0.1, -0.05) is 0 Å². The van der Waals surface area contributed by atoms with E-state index < -0.39 is 5.60 Å². The molecular weight excluding hydrogens is 420 g/mol. The second kappa shape index (κ2) is 9.79. The quantitative estimate of drug-likeness (QED) is 0.492. The van der Waals surface area contributed by atoms with E-state index in [4.69, 9.17) is 9.47 Å². The Kier molecular flexibility index (Phi) is 7.02. The van der Waals surface area contributed by atoms with Crippen LogP contribution in [0.3, 0.4) is 0 Å². The predicted molar refractivity (Wildman–Crippen MR) is 130 cm³/mol. The van der Waals surface area contributed by atoms with Crippen LogP contribution in [0.4, 0.5) is 0 Å². The van der Waals surface area contributed by atoms with E-state index in [1.165, 1.54) is 0 Å². The summed E-state index contributed by atoms with van der Waals surface area (Å²) in [4.78, 5) is 8.74. The molecule has 2 N–H and O–H groups in total. The van der Waals surface area contributed by atoms with E-state index in [1.54, 1.807) is 7.11 Å². The molecule has 9 heteroatoms. The topological polar surface area (TPSA) is 98.2 Å². The minimum absolute atomic E-state index is 0.0468. The molecule has 0 aromatic carbocycles. The van der Waals surface area contributed by atoms with Gasteiger partial charge in [0.1, 0.15) is 0 Å². The van der Waals surface area contributed by atoms with Gasteiger partial charge in [-0.25, -0.2) is 9.98 Å². The lowest BCUT2D eigenvalue weighted by molar-refractivity contribution is -0.0286. The second-order valence-electron chi connectivity index (χ2n) is 9.60. The Bertz CT molecular complexity index is 994. The number of aliphatic imine (C=N–C) groups is 2. The van der Waals surface area contributed by atoms with Gasteiger partial charge in [-0.05, 0) is 59.2 Å². The third kappa shape index (κ3) is 5.20. The molecule has 2 aromatic rings. The van der Waals surface area contributed by atoms with Crippen LogP contribution in [0.15, 0.2) is 28.4 Å². The third-order valence-electron chi connectivity index (χ3n) is 6.78. The van der Waals surface area contributed by atoms with Crippen LogP contribution in [-0.2, 0) is 9.47 Å². The summed E-state index contributed by atoms with van der Waals surface area (Å²) in [6, 6.07) is 2.50. The molecule has 0 unspecified atom stereocenters. The van der Waals surface area contributed by atoms with Crippen LogP contribution in [-0.4, -0.2) is 70.8 Å². The molecule has 0 spiro atoms. The van der Waals surface area contributed by atoms with Gasteiger partial charge >= 0.3 is 0 Å². The Balaban J connectivity index is 1.68. The molecule has 2 aliphatic rings. The molecule has 2 aromatic heterocycles. The van der Waals surface area contributed by atoms with Crippen LogP contribution in [0.2, 0.25) is 0 Å². The summed E-state index contributed by atoms with van der Waals surface area (Å²) >= 11 is 0. The first-order chi connectivity index (χ1) is 15.8. The summed E-state index contributed by atoms with van der Waals surface area (Å²) in [5.41, 5.74) is 7.21. The Morgan fingerprint density at radius 3 is 2.76 bits per heavy atom. The first kappa shape index (κ1) is 23.7. The van der Waals surface area contributed by atoms with E-state index >= 15 is 0 Å². The number of guanidine groups is 1. The number of ether oxygens (including phenoxy) is 2. The molecule has 1 saturated carbocycles. The lowest BCUT2D eigenvalue weighted by atomic mass is 9.78. The largest absolute Gasteiger partial charge is 0.390 e. The molecule has 33 heavy (non-hydrogen) atoms. The molecule has 9 nitrogen and oxygen atoms in total. The van der Waals surface area contributed by atoms with Gasteiger partial charge in [0.25, 0.3) is 0 Å². The Hall–Kier alpha value is -2.49. The average molecular weight is 457 g/mol. The van der Waals surface area contributed by atoms with Gasteiger partial charge in [0.2, 0.25) is 5.96 Å². The maximum atomic E-state index is 10.5. The zero-order valence-corrected chi connectivity index (χ0v) is 20.1. The number of aromatic nitrogens is 3. The molecule has 3 heterocycles. The van der Waals surface area contributed by atoms with Crippen molar-refractivity contribution in [3.63, 3.8) is 0 Å².